The highest BCUT2D eigenvalue weighted by Gasteiger charge is 2.39. The van der Waals surface area contributed by atoms with Gasteiger partial charge in [0.15, 0.2) is 0 Å². The van der Waals surface area contributed by atoms with Crippen LogP contribution in [0.3, 0.4) is 0 Å². The highest BCUT2D eigenvalue weighted by atomic mass is 32.1. The Labute approximate surface area is 127 Å². The number of aryl methyl sites for hydroxylation is 1. The summed E-state index contributed by atoms with van der Waals surface area (Å²) in [5.74, 6) is 0. The molecule has 1 aliphatic rings. The lowest BCUT2D eigenvalue weighted by atomic mass is 10.0. The molecule has 0 unspecified atom stereocenters. The lowest BCUT2D eigenvalue weighted by Crippen LogP contribution is -2.24. The van der Waals surface area contributed by atoms with Crippen molar-refractivity contribution >= 4 is 11.3 Å². The quantitative estimate of drug-likeness (QED) is 0.825. The lowest BCUT2D eigenvalue weighted by molar-refractivity contribution is -0.00896. The van der Waals surface area contributed by atoms with Gasteiger partial charge in [-0.25, -0.2) is 4.98 Å². The van der Waals surface area contributed by atoms with Gasteiger partial charge >= 0.3 is 0 Å². The molecule has 0 saturated heterocycles. The van der Waals surface area contributed by atoms with Crippen LogP contribution < -0.4 is 5.32 Å². The molecule has 1 aromatic heterocycles. The fourth-order valence-electron chi connectivity index (χ4n) is 2.90. The Morgan fingerprint density at radius 2 is 2.05 bits per heavy atom. The molecule has 0 radical (unpaired) electrons. The van der Waals surface area contributed by atoms with Crippen LogP contribution in [-0.2, 0) is 23.3 Å². The van der Waals surface area contributed by atoms with Crippen molar-refractivity contribution in [3.05, 3.63) is 15.6 Å². The van der Waals surface area contributed by atoms with Crippen LogP contribution in [0.1, 0.15) is 68.5 Å². The van der Waals surface area contributed by atoms with Gasteiger partial charge in [0, 0.05) is 24.6 Å². The third kappa shape index (κ3) is 3.41. The van der Waals surface area contributed by atoms with Crippen molar-refractivity contribution in [3.8, 4) is 0 Å². The molecule has 1 aliphatic carbocycles. The molecule has 114 valence electrons. The van der Waals surface area contributed by atoms with E-state index in [0.717, 1.165) is 32.2 Å². The molecule has 20 heavy (non-hydrogen) atoms. The molecule has 3 nitrogen and oxygen atoms in total. The number of hydrogen-bond donors (Lipinski definition) is 1. The minimum Gasteiger partial charge on any atom is -0.371 e. The third-order valence-electron chi connectivity index (χ3n) is 4.13. The van der Waals surface area contributed by atoms with Crippen LogP contribution >= 0.6 is 11.3 Å². The zero-order valence-corrected chi connectivity index (χ0v) is 14.1. The minimum atomic E-state index is -0.0940. The van der Waals surface area contributed by atoms with E-state index in [1.165, 1.54) is 28.4 Å². The number of aromatic nitrogens is 1. The lowest BCUT2D eigenvalue weighted by Gasteiger charge is -2.24. The summed E-state index contributed by atoms with van der Waals surface area (Å²) in [5.41, 5.74) is 1.19. The summed E-state index contributed by atoms with van der Waals surface area (Å²) in [6.07, 6.45) is 6.99. The van der Waals surface area contributed by atoms with Crippen LogP contribution in [0.5, 0.6) is 0 Å². The van der Waals surface area contributed by atoms with Gasteiger partial charge in [-0.3, -0.25) is 0 Å². The van der Waals surface area contributed by atoms with E-state index in [1.54, 1.807) is 0 Å². The Morgan fingerprint density at radius 1 is 1.35 bits per heavy atom. The van der Waals surface area contributed by atoms with Crippen LogP contribution in [-0.4, -0.2) is 18.1 Å². The molecule has 1 heterocycles. The Kier molecular flexibility index (Phi) is 5.58. The maximum Gasteiger partial charge on any atom is 0.125 e. The standard InChI is InChI=1S/C16H28N2OS/c1-5-8-13-14(11-17-12(2)3)20-15(18-13)16(19-4)9-6-7-10-16/h12,17H,5-11H2,1-4H3. The van der Waals surface area contributed by atoms with E-state index >= 15 is 0 Å². The number of ether oxygens (including phenoxy) is 1. The van der Waals surface area contributed by atoms with Gasteiger partial charge in [-0.05, 0) is 19.3 Å². The summed E-state index contributed by atoms with van der Waals surface area (Å²) >= 11 is 1.86. The van der Waals surface area contributed by atoms with Crippen LogP contribution in [0.4, 0.5) is 0 Å². The zero-order valence-electron chi connectivity index (χ0n) is 13.3. The number of rotatable bonds is 7. The van der Waals surface area contributed by atoms with Gasteiger partial charge in [0.05, 0.1) is 5.69 Å². The summed E-state index contributed by atoms with van der Waals surface area (Å²) in [5, 5.41) is 4.73. The zero-order chi connectivity index (χ0) is 14.6. The molecule has 0 aromatic carbocycles. The maximum absolute atomic E-state index is 5.88. The molecule has 0 bridgehead atoms. The van der Waals surface area contributed by atoms with E-state index in [0.29, 0.717) is 6.04 Å². The number of thiazole rings is 1. The summed E-state index contributed by atoms with van der Waals surface area (Å²) in [4.78, 5) is 6.36. The predicted octanol–water partition coefficient (Wildman–Crippen LogP) is 4.01. The summed E-state index contributed by atoms with van der Waals surface area (Å²) in [7, 11) is 1.85. The van der Waals surface area contributed by atoms with Gasteiger partial charge < -0.3 is 10.1 Å². The highest BCUT2D eigenvalue weighted by Crippen LogP contribution is 2.43. The van der Waals surface area contributed by atoms with Crippen LogP contribution in [0.25, 0.3) is 0 Å². The van der Waals surface area contributed by atoms with Crippen molar-refractivity contribution in [3.63, 3.8) is 0 Å². The monoisotopic (exact) mass is 296 g/mol. The van der Waals surface area contributed by atoms with E-state index in [2.05, 4.69) is 26.1 Å². The molecule has 0 atom stereocenters. The van der Waals surface area contributed by atoms with Crippen LogP contribution in [0.15, 0.2) is 0 Å². The summed E-state index contributed by atoms with van der Waals surface area (Å²) in [6.45, 7) is 7.54. The van der Waals surface area contributed by atoms with Gasteiger partial charge in [0.2, 0.25) is 0 Å². The van der Waals surface area contributed by atoms with Crippen molar-refractivity contribution in [2.24, 2.45) is 0 Å². The summed E-state index contributed by atoms with van der Waals surface area (Å²) < 4.78 is 5.88. The molecular weight excluding hydrogens is 268 g/mol. The Bertz CT molecular complexity index is 422. The smallest absolute Gasteiger partial charge is 0.125 e. The second-order valence-corrected chi connectivity index (χ2v) is 7.16. The van der Waals surface area contributed by atoms with Crippen molar-refractivity contribution < 1.29 is 4.74 Å². The second-order valence-electron chi connectivity index (χ2n) is 6.08. The Hall–Kier alpha value is -0.450. The van der Waals surface area contributed by atoms with Crippen LogP contribution in [0.2, 0.25) is 0 Å². The highest BCUT2D eigenvalue weighted by molar-refractivity contribution is 7.11. The molecule has 4 heteroatoms. The Balaban J connectivity index is 2.23. The normalized spacial score (nSPS) is 18.1. The van der Waals surface area contributed by atoms with Crippen LogP contribution in [0, 0.1) is 0 Å². The molecule has 1 N–H and O–H groups in total. The number of hydrogen-bond acceptors (Lipinski definition) is 4. The molecule has 1 aromatic rings. The topological polar surface area (TPSA) is 34.1 Å². The minimum absolute atomic E-state index is 0.0940. The van der Waals surface area contributed by atoms with E-state index in [-0.39, 0.29) is 5.60 Å². The average Bonchev–Trinajstić information content (AvgIpc) is 3.04. The van der Waals surface area contributed by atoms with Crippen molar-refractivity contribution in [1.82, 2.24) is 10.3 Å². The number of methoxy groups -OCH3 is 1. The molecular formula is C16H28N2OS. The fraction of sp³-hybridized carbons (Fsp3) is 0.812. The average molecular weight is 296 g/mol. The van der Waals surface area contributed by atoms with Gasteiger partial charge in [-0.1, -0.05) is 40.0 Å². The van der Waals surface area contributed by atoms with Crippen molar-refractivity contribution in [2.75, 3.05) is 7.11 Å². The fourth-order valence-corrected chi connectivity index (χ4v) is 4.18. The molecule has 2 rings (SSSR count). The molecule has 0 spiro atoms. The molecule has 0 amide bonds. The molecule has 0 aliphatic heterocycles. The van der Waals surface area contributed by atoms with Crippen molar-refractivity contribution in [1.29, 1.82) is 0 Å². The van der Waals surface area contributed by atoms with E-state index in [1.807, 2.05) is 18.4 Å². The predicted molar refractivity (Wildman–Crippen MR) is 85.2 cm³/mol. The van der Waals surface area contributed by atoms with Gasteiger partial charge in [-0.15, -0.1) is 11.3 Å². The van der Waals surface area contributed by atoms with Crippen molar-refractivity contribution in [2.45, 2.75) is 77.5 Å². The number of nitrogens with zero attached hydrogens (tertiary/aromatic N) is 1. The van der Waals surface area contributed by atoms with E-state index < -0.39 is 0 Å². The maximum atomic E-state index is 5.88. The number of nitrogens with one attached hydrogen (secondary N) is 1. The first-order valence-corrected chi connectivity index (χ1v) is 8.70. The molecule has 1 saturated carbocycles. The first-order chi connectivity index (χ1) is 9.61. The van der Waals surface area contributed by atoms with Gasteiger partial charge in [0.1, 0.15) is 10.6 Å². The third-order valence-corrected chi connectivity index (χ3v) is 5.41. The Morgan fingerprint density at radius 3 is 2.60 bits per heavy atom. The second kappa shape index (κ2) is 7.01. The summed E-state index contributed by atoms with van der Waals surface area (Å²) in [6, 6.07) is 0.512. The first-order valence-electron chi connectivity index (χ1n) is 7.89. The van der Waals surface area contributed by atoms with Gasteiger partial charge in [-0.2, -0.15) is 0 Å². The van der Waals surface area contributed by atoms with E-state index in [9.17, 15) is 0 Å². The molecule has 1 fully saturated rings. The van der Waals surface area contributed by atoms with E-state index in [4.69, 9.17) is 9.72 Å². The SMILES string of the molecule is CCCc1nc(C2(OC)CCCC2)sc1CNC(C)C. The van der Waals surface area contributed by atoms with Gasteiger partial charge in [0.25, 0.3) is 0 Å². The largest absolute Gasteiger partial charge is 0.371 e. The first kappa shape index (κ1) is 15.9.